The van der Waals surface area contributed by atoms with Gasteiger partial charge in [-0.1, -0.05) is 36.2 Å². The molecule has 3 aliphatic rings. The average Bonchev–Trinajstić information content (AvgIpc) is 3.04. The number of aromatic hydroxyl groups is 1. The number of hydrogen-bond acceptors (Lipinski definition) is 9. The molecule has 0 saturated heterocycles. The average molecular weight is 627 g/mol. The van der Waals surface area contributed by atoms with Crippen molar-refractivity contribution >= 4 is 11.8 Å². The first-order valence-corrected chi connectivity index (χ1v) is 16.3. The molecule has 0 aromatic heterocycles. The first-order chi connectivity index (χ1) is 21.9. The third-order valence-electron chi connectivity index (χ3n) is 9.26. The number of ether oxygens (including phenoxy) is 3. The number of unbranched alkanes of at least 4 members (excludes halogenated alkanes) is 2. The number of allylic oxidation sites excluding steroid dienone is 1. The molecule has 1 aromatic rings. The maximum absolute atomic E-state index is 13.5. The molecule has 6 atom stereocenters. The number of carbonyl (C=O) groups excluding carboxylic acids is 1. The van der Waals surface area contributed by atoms with Crippen molar-refractivity contribution in [3.05, 3.63) is 60.7 Å². The predicted octanol–water partition coefficient (Wildman–Crippen LogP) is 5.69. The van der Waals surface area contributed by atoms with Crippen molar-refractivity contribution in [2.75, 3.05) is 40.1 Å². The highest BCUT2D eigenvalue weighted by Crippen LogP contribution is 2.61. The lowest BCUT2D eigenvalue weighted by Crippen LogP contribution is -2.69. The summed E-state index contributed by atoms with van der Waals surface area (Å²) in [6.07, 6.45) is 10.7. The normalized spacial score (nSPS) is 27.4. The van der Waals surface area contributed by atoms with Crippen molar-refractivity contribution in [3.63, 3.8) is 0 Å². The van der Waals surface area contributed by atoms with Crippen LogP contribution in [0.2, 0.25) is 0 Å². The van der Waals surface area contributed by atoms with Crippen molar-refractivity contribution in [1.82, 2.24) is 4.90 Å². The van der Waals surface area contributed by atoms with E-state index in [1.807, 2.05) is 6.92 Å². The van der Waals surface area contributed by atoms with Gasteiger partial charge in [0.25, 0.3) is 0 Å². The van der Waals surface area contributed by atoms with Crippen LogP contribution < -0.4 is 4.74 Å². The first-order valence-electron chi connectivity index (χ1n) is 16.3. The molecule has 1 aromatic carbocycles. The van der Waals surface area contributed by atoms with Crippen LogP contribution in [0.15, 0.2) is 60.3 Å². The molecular weight excluding hydrogens is 576 g/mol. The second kappa shape index (κ2) is 16.3. The Kier molecular flexibility index (Phi) is 12.5. The Morgan fingerprint density at radius 3 is 2.60 bits per heavy atom. The van der Waals surface area contributed by atoms with Crippen LogP contribution in [0.5, 0.6) is 11.5 Å². The molecule has 1 amide bonds. The molecule has 0 spiro atoms. The Morgan fingerprint density at radius 1 is 1.16 bits per heavy atom. The molecule has 1 fully saturated rings. The summed E-state index contributed by atoms with van der Waals surface area (Å²) < 4.78 is 19.3. The topological polar surface area (TPSA) is 130 Å². The minimum atomic E-state index is -1.34. The van der Waals surface area contributed by atoms with Gasteiger partial charge in [-0.3, -0.25) is 0 Å². The summed E-state index contributed by atoms with van der Waals surface area (Å²) in [6.45, 7) is 10.5. The number of carbonyl (C=O) groups is 1. The van der Waals surface area contributed by atoms with Gasteiger partial charge in [-0.2, -0.15) is 0 Å². The zero-order valence-corrected chi connectivity index (χ0v) is 26.7. The maximum Gasteiger partial charge on any atom is 0.409 e. The molecular formula is C35H50N2O8. The number of phenols is 1. The van der Waals surface area contributed by atoms with Crippen molar-refractivity contribution in [1.29, 1.82) is 0 Å². The van der Waals surface area contributed by atoms with E-state index < -0.39 is 23.8 Å². The molecule has 0 unspecified atom stereocenters. The molecule has 0 bridgehead atoms. The molecule has 3 N–H and O–H groups in total. The highest BCUT2D eigenvalue weighted by atomic mass is 16.7. The Hall–Kier alpha value is -3.34. The number of oxime groups is 1. The predicted molar refractivity (Wildman–Crippen MR) is 172 cm³/mol. The fourth-order valence-electron chi connectivity index (χ4n) is 7.34. The van der Waals surface area contributed by atoms with E-state index in [-0.39, 0.29) is 49.9 Å². The van der Waals surface area contributed by atoms with Crippen LogP contribution in [0, 0.1) is 17.8 Å². The summed E-state index contributed by atoms with van der Waals surface area (Å²) in [7, 11) is 1.69. The number of aliphatic hydroxyl groups is 2. The van der Waals surface area contributed by atoms with Crippen molar-refractivity contribution in [3.8, 4) is 11.5 Å². The largest absolute Gasteiger partial charge is 0.508 e. The van der Waals surface area contributed by atoms with Gasteiger partial charge in [0.15, 0.2) is 0 Å². The molecule has 10 nitrogen and oxygen atoms in total. The van der Waals surface area contributed by atoms with Crippen molar-refractivity contribution in [2.45, 2.75) is 76.0 Å². The van der Waals surface area contributed by atoms with Gasteiger partial charge in [-0.25, -0.2) is 4.79 Å². The number of likely N-dealkylation sites (N-methyl/N-ethyl adjacent to an activating group) is 1. The van der Waals surface area contributed by atoms with Crippen LogP contribution >= 0.6 is 0 Å². The fraction of sp³-hybridized carbons (Fsp3) is 0.600. The third-order valence-corrected chi connectivity index (χ3v) is 9.26. The summed E-state index contributed by atoms with van der Waals surface area (Å²) in [5.74, 6) is -0.984. The molecule has 10 heteroatoms. The summed E-state index contributed by atoms with van der Waals surface area (Å²) >= 11 is 0. The number of aliphatic hydroxyl groups excluding tert-OH is 2. The second-order valence-electron chi connectivity index (χ2n) is 12.0. The van der Waals surface area contributed by atoms with Gasteiger partial charge >= 0.3 is 6.09 Å². The van der Waals surface area contributed by atoms with E-state index in [9.17, 15) is 20.1 Å². The molecule has 1 aliphatic heterocycles. The zero-order chi connectivity index (χ0) is 32.4. The Morgan fingerprint density at radius 2 is 1.91 bits per heavy atom. The lowest BCUT2D eigenvalue weighted by atomic mass is 9.55. The number of phenolic OH excluding ortho intramolecular Hbond substituents is 1. The number of amides is 1. The monoisotopic (exact) mass is 626 g/mol. The Bertz CT molecular complexity index is 1230. The van der Waals surface area contributed by atoms with Crippen LogP contribution in [-0.4, -0.2) is 83.9 Å². The fourth-order valence-corrected chi connectivity index (χ4v) is 7.34. The van der Waals surface area contributed by atoms with E-state index in [2.05, 4.69) is 24.4 Å². The zero-order valence-electron chi connectivity index (χ0n) is 26.7. The van der Waals surface area contributed by atoms with Gasteiger partial charge in [0.2, 0.25) is 5.79 Å². The Balaban J connectivity index is 1.95. The molecule has 0 radical (unpaired) electrons. The SMILES string of the molecule is C=CCCOC(=O)N(C)[C@H]1CC(=NOCC)C2=C[C@H](CCCCO)[C@@H](CCCCO)[C@@H]3c4cc(O)ccc4O[C@@]1(OCC=C)[C@H]23. The van der Waals surface area contributed by atoms with Gasteiger partial charge in [0.05, 0.1) is 24.8 Å². The van der Waals surface area contributed by atoms with E-state index in [1.54, 1.807) is 42.3 Å². The molecule has 2 aliphatic carbocycles. The molecule has 45 heavy (non-hydrogen) atoms. The van der Waals surface area contributed by atoms with Crippen LogP contribution in [0.25, 0.3) is 0 Å². The van der Waals surface area contributed by atoms with Crippen LogP contribution in [0.4, 0.5) is 4.79 Å². The quantitative estimate of drug-likeness (QED) is 0.114. The van der Waals surface area contributed by atoms with E-state index in [0.717, 1.165) is 36.8 Å². The van der Waals surface area contributed by atoms with Gasteiger partial charge in [-0.15, -0.1) is 13.2 Å². The number of benzene rings is 1. The summed E-state index contributed by atoms with van der Waals surface area (Å²) in [4.78, 5) is 20.7. The van der Waals surface area contributed by atoms with Gasteiger partial charge in [0, 0.05) is 38.2 Å². The molecule has 1 saturated carbocycles. The molecule has 1 heterocycles. The summed E-state index contributed by atoms with van der Waals surface area (Å²) in [5, 5.41) is 34.6. The van der Waals surface area contributed by atoms with Crippen LogP contribution in [0.3, 0.4) is 0 Å². The van der Waals surface area contributed by atoms with Crippen LogP contribution in [0.1, 0.15) is 69.8 Å². The molecule has 4 rings (SSSR count). The second-order valence-corrected chi connectivity index (χ2v) is 12.0. The lowest BCUT2D eigenvalue weighted by Gasteiger charge is -2.59. The Labute approximate surface area is 267 Å². The van der Waals surface area contributed by atoms with E-state index in [1.165, 1.54) is 0 Å². The number of fused-ring (bicyclic) bond motifs is 2. The molecule has 248 valence electrons. The van der Waals surface area contributed by atoms with E-state index in [4.69, 9.17) is 19.0 Å². The standard InChI is InChI=1S/C35H50N2O8/c1-5-8-20-42-34(41)37(4)31-23-29(36-44-7-3)27-21-24(13-9-11-17-38)26(14-10-12-18-39)32-28-22-25(40)15-16-30(28)45-35(31,33(27)32)43-19-6-2/h5-6,15-16,21-22,24,26,31-33,38-40H,1-2,7-14,17-20,23H2,3-4H3/t24-,26+,31-,32+,33+,35+/m0/s1. The van der Waals surface area contributed by atoms with Gasteiger partial charge < -0.3 is 39.3 Å². The van der Waals surface area contributed by atoms with Crippen LogP contribution in [-0.2, 0) is 14.3 Å². The third kappa shape index (κ3) is 7.39. The lowest BCUT2D eigenvalue weighted by molar-refractivity contribution is -0.253. The highest BCUT2D eigenvalue weighted by Gasteiger charge is 2.65. The smallest absolute Gasteiger partial charge is 0.409 e. The minimum Gasteiger partial charge on any atom is -0.508 e. The van der Waals surface area contributed by atoms with Gasteiger partial charge in [0.1, 0.15) is 24.1 Å². The van der Waals surface area contributed by atoms with Crippen molar-refractivity contribution in [2.24, 2.45) is 22.9 Å². The van der Waals surface area contributed by atoms with E-state index >= 15 is 0 Å². The minimum absolute atomic E-state index is 0.0945. The number of rotatable bonds is 17. The maximum atomic E-state index is 13.5. The first kappa shape index (κ1) is 34.5. The van der Waals surface area contributed by atoms with Crippen molar-refractivity contribution < 1.29 is 39.2 Å². The summed E-state index contributed by atoms with van der Waals surface area (Å²) in [6, 6.07) is 4.50. The number of hydrogen-bond donors (Lipinski definition) is 3. The number of nitrogens with zero attached hydrogens (tertiary/aromatic N) is 2. The highest BCUT2D eigenvalue weighted by molar-refractivity contribution is 6.02. The van der Waals surface area contributed by atoms with Gasteiger partial charge in [-0.05, 0) is 74.6 Å². The summed E-state index contributed by atoms with van der Waals surface area (Å²) in [5.41, 5.74) is 2.54. The van der Waals surface area contributed by atoms with E-state index in [0.29, 0.717) is 43.8 Å².